The van der Waals surface area contributed by atoms with E-state index in [1.54, 1.807) is 6.07 Å². The van der Waals surface area contributed by atoms with Crippen molar-refractivity contribution < 1.29 is 29.2 Å². The molecule has 0 aliphatic rings. The number of aromatic amines is 2. The first-order valence-electron chi connectivity index (χ1n) is 12.7. The van der Waals surface area contributed by atoms with Crippen LogP contribution in [0.3, 0.4) is 0 Å². The van der Waals surface area contributed by atoms with E-state index < -0.39 is 28.8 Å². The normalized spacial score (nSPS) is 10.8. The Hall–Kier alpha value is -4.16. The van der Waals surface area contributed by atoms with Gasteiger partial charge in [-0.3, -0.25) is 0 Å². The molecule has 0 saturated heterocycles. The van der Waals surface area contributed by atoms with Gasteiger partial charge >= 0.3 is 0 Å². The second-order valence-corrected chi connectivity index (χ2v) is 10.7. The number of benzene rings is 4. The summed E-state index contributed by atoms with van der Waals surface area (Å²) in [4.78, 5) is 14.6. The molecule has 0 fully saturated rings. The van der Waals surface area contributed by atoms with E-state index in [1.165, 1.54) is 41.5 Å². The Kier molecular flexibility index (Phi) is 9.07. The summed E-state index contributed by atoms with van der Waals surface area (Å²) in [6.07, 6.45) is 0. The van der Waals surface area contributed by atoms with Crippen molar-refractivity contribution in [3.63, 3.8) is 0 Å². The topological polar surface area (TPSA) is 138 Å². The SMILES string of the molecule is CC.Cc1cc2nc(-c3ccc(F)cc3Br)[nH]c2cc1C.Oc1c(O)c(O)c2[nH]c(-c3ccc(F)cc3Br)nc2c1O. The molecular weight excluding hydrogens is 678 g/mol. The molecule has 0 aliphatic heterocycles. The smallest absolute Gasteiger partial charge is 0.206 e. The number of nitrogens with one attached hydrogen (secondary N) is 2. The first kappa shape index (κ1) is 30.8. The number of phenols is 4. The van der Waals surface area contributed by atoms with Gasteiger partial charge < -0.3 is 30.4 Å². The Bertz CT molecular complexity index is 1860. The lowest BCUT2D eigenvalue weighted by Gasteiger charge is -2.03. The number of aromatic hydroxyl groups is 4. The molecule has 42 heavy (non-hydrogen) atoms. The fourth-order valence-electron chi connectivity index (χ4n) is 4.06. The maximum atomic E-state index is 13.1. The number of hydrogen-bond acceptors (Lipinski definition) is 6. The molecule has 0 radical (unpaired) electrons. The van der Waals surface area contributed by atoms with Crippen LogP contribution in [0.25, 0.3) is 44.8 Å². The van der Waals surface area contributed by atoms with Crippen LogP contribution in [0.5, 0.6) is 23.0 Å². The van der Waals surface area contributed by atoms with Crippen molar-refractivity contribution in [1.29, 1.82) is 0 Å². The zero-order chi connectivity index (χ0) is 30.9. The van der Waals surface area contributed by atoms with Gasteiger partial charge in [0.2, 0.25) is 11.5 Å². The average molecular weight is 704 g/mol. The first-order valence-corrected chi connectivity index (χ1v) is 14.3. The van der Waals surface area contributed by atoms with Crippen LogP contribution in [0.15, 0.2) is 57.5 Å². The van der Waals surface area contributed by atoms with Crippen LogP contribution in [0, 0.1) is 25.5 Å². The van der Waals surface area contributed by atoms with E-state index in [4.69, 9.17) is 0 Å². The number of phenolic OH excluding ortho intramolecular Hbond substituents is 4. The summed E-state index contributed by atoms with van der Waals surface area (Å²) in [5.74, 6) is -2.77. The molecule has 2 aromatic heterocycles. The lowest BCUT2D eigenvalue weighted by Crippen LogP contribution is -1.83. The summed E-state index contributed by atoms with van der Waals surface area (Å²) in [5, 5.41) is 38.5. The van der Waals surface area contributed by atoms with Crippen molar-refractivity contribution >= 4 is 53.9 Å². The Morgan fingerprint density at radius 1 is 0.643 bits per heavy atom. The second kappa shape index (κ2) is 12.4. The van der Waals surface area contributed by atoms with Crippen molar-refractivity contribution in [2.75, 3.05) is 0 Å². The third-order valence-electron chi connectivity index (χ3n) is 6.31. The van der Waals surface area contributed by atoms with Crippen LogP contribution in [-0.4, -0.2) is 40.4 Å². The summed E-state index contributed by atoms with van der Waals surface area (Å²) in [5.41, 5.74) is 5.52. The summed E-state index contributed by atoms with van der Waals surface area (Å²) in [6, 6.07) is 12.6. The molecule has 12 heteroatoms. The molecule has 0 spiro atoms. The molecule has 218 valence electrons. The van der Waals surface area contributed by atoms with Gasteiger partial charge in [-0.05, 0) is 105 Å². The van der Waals surface area contributed by atoms with E-state index in [-0.39, 0.29) is 22.7 Å². The Balaban J connectivity index is 0.000000183. The summed E-state index contributed by atoms with van der Waals surface area (Å²) in [7, 11) is 0. The Morgan fingerprint density at radius 2 is 1.14 bits per heavy atom. The summed E-state index contributed by atoms with van der Waals surface area (Å²) >= 11 is 6.55. The van der Waals surface area contributed by atoms with E-state index in [0.717, 1.165) is 22.4 Å². The third-order valence-corrected chi connectivity index (χ3v) is 7.62. The highest BCUT2D eigenvalue weighted by molar-refractivity contribution is 9.11. The monoisotopic (exact) mass is 702 g/mol. The van der Waals surface area contributed by atoms with Crippen LogP contribution in [0.4, 0.5) is 8.78 Å². The van der Waals surface area contributed by atoms with E-state index in [1.807, 2.05) is 13.8 Å². The Labute approximate surface area is 256 Å². The maximum absolute atomic E-state index is 13.1. The molecule has 0 unspecified atom stereocenters. The van der Waals surface area contributed by atoms with Gasteiger partial charge in [0, 0.05) is 20.1 Å². The fraction of sp³-hybridized carbons (Fsp3) is 0.133. The van der Waals surface area contributed by atoms with Crippen molar-refractivity contribution in [1.82, 2.24) is 19.9 Å². The summed E-state index contributed by atoms with van der Waals surface area (Å²) in [6.45, 7) is 8.14. The van der Waals surface area contributed by atoms with Gasteiger partial charge in [-0.2, -0.15) is 0 Å². The molecule has 6 aromatic rings. The molecule has 0 saturated carbocycles. The highest BCUT2D eigenvalue weighted by Crippen LogP contribution is 2.48. The molecule has 4 aromatic carbocycles. The number of nitrogens with zero attached hydrogens (tertiary/aromatic N) is 2. The molecular formula is C30H26Br2F2N4O4. The van der Waals surface area contributed by atoms with E-state index in [0.29, 0.717) is 14.5 Å². The molecule has 0 bridgehead atoms. The number of hydrogen-bond donors (Lipinski definition) is 6. The number of rotatable bonds is 2. The minimum absolute atomic E-state index is 0.0472. The quantitative estimate of drug-likeness (QED) is 0.0788. The van der Waals surface area contributed by atoms with Gasteiger partial charge in [-0.1, -0.05) is 13.8 Å². The van der Waals surface area contributed by atoms with E-state index in [9.17, 15) is 29.2 Å². The molecule has 8 nitrogen and oxygen atoms in total. The molecule has 0 aliphatic carbocycles. The predicted octanol–water partition coefficient (Wildman–Crippen LogP) is 8.73. The zero-order valence-electron chi connectivity index (χ0n) is 22.8. The van der Waals surface area contributed by atoms with Gasteiger partial charge in [0.05, 0.1) is 11.0 Å². The zero-order valence-corrected chi connectivity index (χ0v) is 26.0. The van der Waals surface area contributed by atoms with Gasteiger partial charge in [0.1, 0.15) is 34.3 Å². The van der Waals surface area contributed by atoms with Gasteiger partial charge in [-0.25, -0.2) is 18.7 Å². The van der Waals surface area contributed by atoms with Crippen LogP contribution in [0.2, 0.25) is 0 Å². The highest BCUT2D eigenvalue weighted by atomic mass is 79.9. The first-order chi connectivity index (χ1) is 19.9. The average Bonchev–Trinajstić information content (AvgIpc) is 3.57. The lowest BCUT2D eigenvalue weighted by atomic mass is 10.1. The molecule has 0 amide bonds. The largest absolute Gasteiger partial charge is 0.503 e. The number of aryl methyl sites for hydroxylation is 2. The Morgan fingerprint density at radius 3 is 1.69 bits per heavy atom. The fourth-order valence-corrected chi connectivity index (χ4v) is 5.14. The van der Waals surface area contributed by atoms with Crippen molar-refractivity contribution in [2.24, 2.45) is 0 Å². The van der Waals surface area contributed by atoms with Crippen LogP contribution in [0.1, 0.15) is 25.0 Å². The third kappa shape index (κ3) is 5.90. The highest BCUT2D eigenvalue weighted by Gasteiger charge is 2.22. The van der Waals surface area contributed by atoms with Crippen molar-refractivity contribution in [3.05, 3.63) is 80.2 Å². The molecule has 6 N–H and O–H groups in total. The van der Waals surface area contributed by atoms with Crippen LogP contribution >= 0.6 is 31.9 Å². The number of H-pyrrole nitrogens is 2. The standard InChI is InChI=1S/C15H12BrFN2.C13H8BrFN2O4.C2H6/c1-8-5-13-14(6-9(8)2)19-15(18-13)11-4-3-10(17)7-12(11)16;14-6-3-4(15)1-2-5(6)13-16-7-8(17-13)10(19)12(21)11(20)9(7)18;1-2/h3-7H,1-2H3,(H,18,19);1-3,18-21H,(H,16,17);1-2H3. The number of fused-ring (bicyclic) bond motifs is 2. The molecule has 2 heterocycles. The minimum atomic E-state index is -0.865. The van der Waals surface area contributed by atoms with Crippen LogP contribution < -0.4 is 0 Å². The summed E-state index contributed by atoms with van der Waals surface area (Å²) < 4.78 is 27.3. The van der Waals surface area contributed by atoms with Gasteiger partial charge in [0.15, 0.2) is 11.5 Å². The maximum Gasteiger partial charge on any atom is 0.206 e. The minimum Gasteiger partial charge on any atom is -0.503 e. The second-order valence-electron chi connectivity index (χ2n) is 8.99. The van der Waals surface area contributed by atoms with Gasteiger partial charge in [0.25, 0.3) is 0 Å². The molecule has 6 rings (SSSR count). The van der Waals surface area contributed by atoms with Gasteiger partial charge in [-0.15, -0.1) is 0 Å². The van der Waals surface area contributed by atoms with E-state index in [2.05, 4.69) is 77.8 Å². The predicted molar refractivity (Wildman–Crippen MR) is 166 cm³/mol. The molecule has 0 atom stereocenters. The van der Waals surface area contributed by atoms with E-state index >= 15 is 0 Å². The number of imidazole rings is 2. The van der Waals surface area contributed by atoms with Crippen molar-refractivity contribution in [3.8, 4) is 45.8 Å². The lowest BCUT2D eigenvalue weighted by molar-refractivity contribution is 0.350. The number of aromatic nitrogens is 4. The van der Waals surface area contributed by atoms with Crippen LogP contribution in [-0.2, 0) is 0 Å². The van der Waals surface area contributed by atoms with Crippen molar-refractivity contribution in [2.45, 2.75) is 27.7 Å². The number of halogens is 4.